The van der Waals surface area contributed by atoms with E-state index < -0.39 is 9.84 Å². The fourth-order valence-electron chi connectivity index (χ4n) is 1.95. The van der Waals surface area contributed by atoms with Gasteiger partial charge in [0, 0.05) is 13.3 Å². The Hall–Kier alpha value is -1.73. The summed E-state index contributed by atoms with van der Waals surface area (Å²) in [6.45, 7) is 0. The molecule has 0 aliphatic rings. The lowest BCUT2D eigenvalue weighted by molar-refractivity contribution is 0.595. The number of aromatic nitrogens is 3. The van der Waals surface area contributed by atoms with Crippen molar-refractivity contribution >= 4 is 9.84 Å². The SMILES string of the molecule is CNC(c1ccc(S(C)(=O)=O)cc1)c1cnnn1C. The average Bonchev–Trinajstić information content (AvgIpc) is 2.76. The Bertz CT molecular complexity index is 661. The fourth-order valence-corrected chi connectivity index (χ4v) is 2.58. The predicted octanol–water partition coefficient (Wildman–Crippen LogP) is 0.527. The van der Waals surface area contributed by atoms with Crippen molar-refractivity contribution in [3.05, 3.63) is 41.7 Å². The Labute approximate surface area is 112 Å². The molecule has 6 nitrogen and oxygen atoms in total. The lowest BCUT2D eigenvalue weighted by atomic mass is 10.0. The average molecular weight is 280 g/mol. The first kappa shape index (κ1) is 13.7. The first-order valence-corrected chi connectivity index (χ1v) is 7.64. The molecule has 7 heteroatoms. The molecule has 1 N–H and O–H groups in total. The molecule has 1 unspecified atom stereocenters. The van der Waals surface area contributed by atoms with E-state index in [2.05, 4.69) is 15.6 Å². The highest BCUT2D eigenvalue weighted by molar-refractivity contribution is 7.90. The zero-order chi connectivity index (χ0) is 14.0. The van der Waals surface area contributed by atoms with Crippen LogP contribution >= 0.6 is 0 Å². The van der Waals surface area contributed by atoms with Crippen LogP contribution in [0.25, 0.3) is 0 Å². The van der Waals surface area contributed by atoms with Crippen LogP contribution in [0.3, 0.4) is 0 Å². The van der Waals surface area contributed by atoms with Crippen LogP contribution in [-0.2, 0) is 16.9 Å². The lowest BCUT2D eigenvalue weighted by Crippen LogP contribution is -2.20. The number of aryl methyl sites for hydroxylation is 1. The topological polar surface area (TPSA) is 76.9 Å². The van der Waals surface area contributed by atoms with Crippen LogP contribution in [0.4, 0.5) is 0 Å². The molecule has 0 saturated carbocycles. The Morgan fingerprint density at radius 1 is 1.26 bits per heavy atom. The number of benzene rings is 1. The second-order valence-electron chi connectivity index (χ2n) is 4.35. The number of hydrogen-bond donors (Lipinski definition) is 1. The van der Waals surface area contributed by atoms with Gasteiger partial charge in [0.15, 0.2) is 9.84 Å². The molecule has 102 valence electrons. The molecule has 19 heavy (non-hydrogen) atoms. The van der Waals surface area contributed by atoms with E-state index >= 15 is 0 Å². The summed E-state index contributed by atoms with van der Waals surface area (Å²) in [5.74, 6) is 0. The quantitative estimate of drug-likeness (QED) is 0.884. The van der Waals surface area contributed by atoms with Crippen molar-refractivity contribution < 1.29 is 8.42 Å². The molecule has 0 radical (unpaired) electrons. The van der Waals surface area contributed by atoms with E-state index in [1.807, 2.05) is 14.1 Å². The van der Waals surface area contributed by atoms with Gasteiger partial charge in [-0.3, -0.25) is 4.68 Å². The first-order chi connectivity index (χ1) is 8.93. The van der Waals surface area contributed by atoms with Crippen molar-refractivity contribution in [3.63, 3.8) is 0 Å². The van der Waals surface area contributed by atoms with Crippen LogP contribution in [0, 0.1) is 0 Å². The number of hydrogen-bond acceptors (Lipinski definition) is 5. The number of nitrogens with zero attached hydrogens (tertiary/aromatic N) is 3. The van der Waals surface area contributed by atoms with Crippen LogP contribution in [0.5, 0.6) is 0 Å². The zero-order valence-electron chi connectivity index (χ0n) is 11.0. The third kappa shape index (κ3) is 2.82. The maximum atomic E-state index is 11.4. The molecular formula is C12H16N4O2S. The minimum atomic E-state index is -3.16. The van der Waals surface area contributed by atoms with E-state index in [0.29, 0.717) is 4.90 Å². The molecule has 0 spiro atoms. The molecule has 1 aromatic carbocycles. The van der Waals surface area contributed by atoms with Crippen molar-refractivity contribution in [1.29, 1.82) is 0 Å². The van der Waals surface area contributed by atoms with Crippen LogP contribution in [0.15, 0.2) is 35.4 Å². The van der Waals surface area contributed by atoms with Gasteiger partial charge >= 0.3 is 0 Å². The summed E-state index contributed by atoms with van der Waals surface area (Å²) in [6.07, 6.45) is 2.88. The van der Waals surface area contributed by atoms with Gasteiger partial charge in [-0.2, -0.15) is 0 Å². The molecule has 0 fully saturated rings. The molecule has 0 aliphatic carbocycles. The van der Waals surface area contributed by atoms with E-state index in [1.165, 1.54) is 6.26 Å². The highest BCUT2D eigenvalue weighted by Crippen LogP contribution is 2.21. The van der Waals surface area contributed by atoms with Crippen molar-refractivity contribution in [1.82, 2.24) is 20.3 Å². The van der Waals surface area contributed by atoms with Crippen molar-refractivity contribution in [2.24, 2.45) is 7.05 Å². The third-order valence-electron chi connectivity index (χ3n) is 2.98. The fraction of sp³-hybridized carbons (Fsp3) is 0.333. The summed E-state index contributed by atoms with van der Waals surface area (Å²) >= 11 is 0. The Balaban J connectivity index is 2.38. The summed E-state index contributed by atoms with van der Waals surface area (Å²) in [7, 11) is 0.488. The summed E-state index contributed by atoms with van der Waals surface area (Å²) in [6, 6.07) is 6.74. The largest absolute Gasteiger partial charge is 0.308 e. The number of sulfone groups is 1. The van der Waals surface area contributed by atoms with Gasteiger partial charge in [0.25, 0.3) is 0 Å². The number of nitrogens with one attached hydrogen (secondary N) is 1. The molecule has 0 aliphatic heterocycles. The van der Waals surface area contributed by atoms with Gasteiger partial charge in [-0.1, -0.05) is 17.3 Å². The molecule has 0 bridgehead atoms. The first-order valence-electron chi connectivity index (χ1n) is 5.75. The van der Waals surface area contributed by atoms with Gasteiger partial charge in [0.1, 0.15) is 0 Å². The molecule has 0 saturated heterocycles. The Morgan fingerprint density at radius 2 is 1.89 bits per heavy atom. The molecule has 1 atom stereocenters. The molecular weight excluding hydrogens is 264 g/mol. The third-order valence-corrected chi connectivity index (χ3v) is 4.10. The van der Waals surface area contributed by atoms with Crippen LogP contribution in [0.1, 0.15) is 17.3 Å². The highest BCUT2D eigenvalue weighted by atomic mass is 32.2. The molecule has 2 aromatic rings. The standard InChI is InChI=1S/C12H16N4O2S/c1-13-12(11-8-14-15-16(11)2)9-4-6-10(7-5-9)19(3,17)18/h4-8,12-13H,1-3H3. The molecule has 1 heterocycles. The lowest BCUT2D eigenvalue weighted by Gasteiger charge is -2.16. The van der Waals surface area contributed by atoms with Crippen molar-refractivity contribution in [3.8, 4) is 0 Å². The second-order valence-corrected chi connectivity index (χ2v) is 6.36. The summed E-state index contributed by atoms with van der Waals surface area (Å²) in [5, 5.41) is 10.9. The van der Waals surface area contributed by atoms with E-state index in [-0.39, 0.29) is 6.04 Å². The minimum Gasteiger partial charge on any atom is -0.308 e. The van der Waals surface area contributed by atoms with Gasteiger partial charge in [-0.25, -0.2) is 8.42 Å². The van der Waals surface area contributed by atoms with Gasteiger partial charge in [-0.15, -0.1) is 5.10 Å². The maximum absolute atomic E-state index is 11.4. The highest BCUT2D eigenvalue weighted by Gasteiger charge is 2.16. The minimum absolute atomic E-state index is 0.0754. The van der Waals surface area contributed by atoms with E-state index in [9.17, 15) is 8.42 Å². The van der Waals surface area contributed by atoms with E-state index in [1.54, 1.807) is 35.1 Å². The van der Waals surface area contributed by atoms with E-state index in [4.69, 9.17) is 0 Å². The zero-order valence-corrected chi connectivity index (χ0v) is 11.8. The van der Waals surface area contributed by atoms with Gasteiger partial charge < -0.3 is 5.32 Å². The summed E-state index contributed by atoms with van der Waals surface area (Å²) < 4.78 is 24.5. The Morgan fingerprint density at radius 3 is 2.32 bits per heavy atom. The Kier molecular flexibility index (Phi) is 3.68. The van der Waals surface area contributed by atoms with Gasteiger partial charge in [-0.05, 0) is 24.7 Å². The molecule has 1 aromatic heterocycles. The monoisotopic (exact) mass is 280 g/mol. The van der Waals surface area contributed by atoms with Crippen LogP contribution in [-0.4, -0.2) is 36.7 Å². The van der Waals surface area contributed by atoms with E-state index in [0.717, 1.165) is 11.3 Å². The predicted molar refractivity (Wildman–Crippen MR) is 71.5 cm³/mol. The maximum Gasteiger partial charge on any atom is 0.175 e. The molecule has 0 amide bonds. The summed E-state index contributed by atoms with van der Waals surface area (Å²) in [5.41, 5.74) is 1.87. The second kappa shape index (κ2) is 5.10. The smallest absolute Gasteiger partial charge is 0.175 e. The normalized spacial score (nSPS) is 13.4. The van der Waals surface area contributed by atoms with Gasteiger partial charge in [0.05, 0.1) is 22.8 Å². The van der Waals surface area contributed by atoms with Crippen LogP contribution < -0.4 is 5.32 Å². The van der Waals surface area contributed by atoms with Crippen molar-refractivity contribution in [2.45, 2.75) is 10.9 Å². The van der Waals surface area contributed by atoms with Crippen LogP contribution in [0.2, 0.25) is 0 Å². The van der Waals surface area contributed by atoms with Crippen molar-refractivity contribution in [2.75, 3.05) is 13.3 Å². The van der Waals surface area contributed by atoms with Gasteiger partial charge in [0.2, 0.25) is 0 Å². The number of rotatable bonds is 4. The molecule has 2 rings (SSSR count). The summed E-state index contributed by atoms with van der Waals surface area (Å²) in [4.78, 5) is 0.314.